The molecule has 0 fully saturated rings. The van der Waals surface area contributed by atoms with Crippen molar-refractivity contribution in [1.82, 2.24) is 10.2 Å². The molecule has 0 radical (unpaired) electrons. The van der Waals surface area contributed by atoms with Gasteiger partial charge in [-0.3, -0.25) is 0 Å². The number of ether oxygens (including phenoxy) is 2. The van der Waals surface area contributed by atoms with Crippen LogP contribution in [-0.2, 0) is 11.3 Å². The molecule has 0 aliphatic rings. The van der Waals surface area contributed by atoms with Gasteiger partial charge in [-0.25, -0.2) is 4.79 Å². The first-order valence-electron chi connectivity index (χ1n) is 7.47. The highest BCUT2D eigenvalue weighted by atomic mass is 35.5. The van der Waals surface area contributed by atoms with E-state index in [4.69, 9.17) is 25.5 Å². The fourth-order valence-electron chi connectivity index (χ4n) is 2.25. The molecule has 25 heavy (non-hydrogen) atoms. The summed E-state index contributed by atoms with van der Waals surface area (Å²) < 4.78 is 15.9. The van der Waals surface area contributed by atoms with E-state index in [0.717, 1.165) is 11.1 Å². The number of aromatic nitrogens is 2. The average Bonchev–Trinajstić information content (AvgIpc) is 3.08. The predicted molar refractivity (Wildman–Crippen MR) is 91.6 cm³/mol. The zero-order valence-electron chi connectivity index (χ0n) is 13.7. The van der Waals surface area contributed by atoms with E-state index in [0.29, 0.717) is 16.7 Å². The van der Waals surface area contributed by atoms with Gasteiger partial charge in [-0.2, -0.15) is 0 Å². The van der Waals surface area contributed by atoms with E-state index in [1.807, 2.05) is 31.2 Å². The van der Waals surface area contributed by atoms with E-state index < -0.39 is 5.97 Å². The number of aryl methyl sites for hydroxylation is 1. The fraction of sp³-hybridized carbons (Fsp3) is 0.167. The molecule has 0 unspecified atom stereocenters. The number of benzene rings is 2. The van der Waals surface area contributed by atoms with Crippen LogP contribution in [0.1, 0.15) is 21.8 Å². The molecule has 128 valence electrons. The zero-order chi connectivity index (χ0) is 17.8. The lowest BCUT2D eigenvalue weighted by atomic mass is 10.1. The van der Waals surface area contributed by atoms with Gasteiger partial charge in [0.15, 0.2) is 6.61 Å². The second kappa shape index (κ2) is 7.36. The summed E-state index contributed by atoms with van der Waals surface area (Å²) in [5.41, 5.74) is 2.12. The quantitative estimate of drug-likeness (QED) is 0.640. The van der Waals surface area contributed by atoms with E-state index in [2.05, 4.69) is 10.2 Å². The normalized spacial score (nSPS) is 10.5. The molecule has 0 aliphatic carbocycles. The van der Waals surface area contributed by atoms with E-state index in [9.17, 15) is 4.79 Å². The summed E-state index contributed by atoms with van der Waals surface area (Å²) in [4.78, 5) is 12.2. The van der Waals surface area contributed by atoms with Crippen LogP contribution in [0.15, 0.2) is 46.9 Å². The molecule has 0 saturated heterocycles. The number of nitrogens with zero attached hydrogens (tertiary/aromatic N) is 2. The van der Waals surface area contributed by atoms with Gasteiger partial charge < -0.3 is 13.9 Å². The average molecular weight is 359 g/mol. The van der Waals surface area contributed by atoms with E-state index >= 15 is 0 Å². The molecule has 3 rings (SSSR count). The Bertz CT molecular complexity index is 908. The first-order chi connectivity index (χ1) is 12.1. The third-order valence-electron chi connectivity index (χ3n) is 3.44. The van der Waals surface area contributed by atoms with Crippen molar-refractivity contribution < 1.29 is 18.7 Å². The summed E-state index contributed by atoms with van der Waals surface area (Å²) in [5.74, 6) is 0.357. The van der Waals surface area contributed by atoms with Crippen LogP contribution >= 0.6 is 11.6 Å². The Morgan fingerprint density at radius 3 is 2.80 bits per heavy atom. The molecule has 3 aromatic rings. The molecule has 0 aliphatic heterocycles. The maximum absolute atomic E-state index is 12.2. The van der Waals surface area contributed by atoms with Crippen LogP contribution in [0, 0.1) is 6.92 Å². The van der Waals surface area contributed by atoms with Gasteiger partial charge >= 0.3 is 5.97 Å². The molecule has 0 N–H and O–H groups in total. The van der Waals surface area contributed by atoms with Crippen LogP contribution in [0.3, 0.4) is 0 Å². The third-order valence-corrected chi connectivity index (χ3v) is 3.68. The van der Waals surface area contributed by atoms with Crippen LogP contribution in [0.25, 0.3) is 11.5 Å². The van der Waals surface area contributed by atoms with Crippen LogP contribution in [0.4, 0.5) is 0 Å². The monoisotopic (exact) mass is 358 g/mol. The van der Waals surface area contributed by atoms with Crippen molar-refractivity contribution in [3.05, 3.63) is 64.5 Å². The number of esters is 1. The van der Waals surface area contributed by atoms with Crippen molar-refractivity contribution in [1.29, 1.82) is 0 Å². The number of carbonyl (C=O) groups is 1. The van der Waals surface area contributed by atoms with Gasteiger partial charge in [-0.1, -0.05) is 29.3 Å². The number of hydrogen-bond acceptors (Lipinski definition) is 6. The Morgan fingerprint density at radius 2 is 2.04 bits per heavy atom. The molecule has 0 spiro atoms. The lowest BCUT2D eigenvalue weighted by Gasteiger charge is -2.07. The minimum Gasteiger partial charge on any atom is -0.496 e. The summed E-state index contributed by atoms with van der Waals surface area (Å²) in [6.45, 7) is 1.83. The molecule has 1 aromatic heterocycles. The van der Waals surface area contributed by atoms with Crippen LogP contribution in [-0.4, -0.2) is 23.3 Å². The minimum atomic E-state index is -0.588. The van der Waals surface area contributed by atoms with Crippen molar-refractivity contribution in [2.24, 2.45) is 0 Å². The van der Waals surface area contributed by atoms with Crippen LogP contribution < -0.4 is 4.74 Å². The third kappa shape index (κ3) is 3.97. The molecular formula is C18H15ClN2O4. The van der Waals surface area contributed by atoms with Gasteiger partial charge in [-0.15, -0.1) is 10.2 Å². The Balaban J connectivity index is 1.70. The topological polar surface area (TPSA) is 74.5 Å². The van der Waals surface area contributed by atoms with E-state index in [1.165, 1.54) is 13.2 Å². The molecule has 0 atom stereocenters. The minimum absolute atomic E-state index is 0.146. The Morgan fingerprint density at radius 1 is 1.20 bits per heavy atom. The fourth-order valence-corrected chi connectivity index (χ4v) is 2.42. The highest BCUT2D eigenvalue weighted by Gasteiger charge is 2.16. The summed E-state index contributed by atoms with van der Waals surface area (Å²) in [6, 6.07) is 12.4. The Kier molecular flexibility index (Phi) is 5.00. The van der Waals surface area contributed by atoms with Crippen molar-refractivity contribution in [2.75, 3.05) is 7.11 Å². The lowest BCUT2D eigenvalue weighted by Crippen LogP contribution is -2.07. The molecule has 0 saturated carbocycles. The smallest absolute Gasteiger partial charge is 0.342 e. The van der Waals surface area contributed by atoms with Gasteiger partial charge in [0.25, 0.3) is 5.89 Å². The summed E-state index contributed by atoms with van der Waals surface area (Å²) >= 11 is 5.91. The zero-order valence-corrected chi connectivity index (χ0v) is 14.4. The SMILES string of the molecule is COc1ccc(Cl)cc1C(=O)OCc1nnc(-c2cccc(C)c2)o1. The second-order valence-electron chi connectivity index (χ2n) is 5.29. The Labute approximate surface area is 149 Å². The largest absolute Gasteiger partial charge is 0.496 e. The van der Waals surface area contributed by atoms with Gasteiger partial charge in [0, 0.05) is 10.6 Å². The van der Waals surface area contributed by atoms with Crippen molar-refractivity contribution >= 4 is 17.6 Å². The van der Waals surface area contributed by atoms with E-state index in [-0.39, 0.29) is 18.1 Å². The van der Waals surface area contributed by atoms with Gasteiger partial charge in [0.05, 0.1) is 7.11 Å². The van der Waals surface area contributed by atoms with Gasteiger partial charge in [0.1, 0.15) is 11.3 Å². The first kappa shape index (κ1) is 17.0. The molecule has 0 amide bonds. The summed E-state index contributed by atoms with van der Waals surface area (Å²) in [5, 5.41) is 8.28. The number of hydrogen-bond donors (Lipinski definition) is 0. The number of methoxy groups -OCH3 is 1. The maximum atomic E-state index is 12.2. The maximum Gasteiger partial charge on any atom is 0.342 e. The number of halogens is 1. The summed E-state index contributed by atoms with van der Waals surface area (Å²) in [6.07, 6.45) is 0. The molecule has 1 heterocycles. The van der Waals surface area contributed by atoms with Gasteiger partial charge in [0.2, 0.25) is 5.89 Å². The Hall–Kier alpha value is -2.86. The second-order valence-corrected chi connectivity index (χ2v) is 5.73. The molecule has 6 nitrogen and oxygen atoms in total. The summed E-state index contributed by atoms with van der Waals surface area (Å²) in [7, 11) is 1.46. The molecular weight excluding hydrogens is 344 g/mol. The molecule has 0 bridgehead atoms. The van der Waals surface area contributed by atoms with Crippen molar-refractivity contribution in [3.63, 3.8) is 0 Å². The predicted octanol–water partition coefficient (Wildman–Crippen LogP) is 4.06. The highest BCUT2D eigenvalue weighted by Crippen LogP contribution is 2.24. The highest BCUT2D eigenvalue weighted by molar-refractivity contribution is 6.31. The molecule has 7 heteroatoms. The van der Waals surface area contributed by atoms with Crippen molar-refractivity contribution in [2.45, 2.75) is 13.5 Å². The van der Waals surface area contributed by atoms with E-state index in [1.54, 1.807) is 12.1 Å². The van der Waals surface area contributed by atoms with Crippen molar-refractivity contribution in [3.8, 4) is 17.2 Å². The number of carbonyl (C=O) groups excluding carboxylic acids is 1. The first-order valence-corrected chi connectivity index (χ1v) is 7.84. The van der Waals surface area contributed by atoms with Crippen LogP contribution in [0.2, 0.25) is 5.02 Å². The lowest BCUT2D eigenvalue weighted by molar-refractivity contribution is 0.0435. The van der Waals surface area contributed by atoms with Crippen LogP contribution in [0.5, 0.6) is 5.75 Å². The standard InChI is InChI=1S/C18H15ClN2O4/c1-11-4-3-5-12(8-11)17-21-20-16(25-17)10-24-18(22)14-9-13(19)6-7-15(14)23-2/h3-9H,10H2,1-2H3. The van der Waals surface area contributed by atoms with Gasteiger partial charge in [-0.05, 0) is 37.3 Å². The number of rotatable bonds is 5. The molecule has 2 aromatic carbocycles.